The standard InChI is InChI=1S/C12H21N3O2S/c1-8(13)4-5-14-12(16)7-18-6-11-9(2)15-17-10(11)3/h8H,4-7,13H2,1-3H3,(H,14,16). The Morgan fingerprint density at radius 3 is 2.83 bits per heavy atom. The molecule has 6 heteroatoms. The van der Waals surface area contributed by atoms with Gasteiger partial charge in [-0.15, -0.1) is 11.8 Å². The summed E-state index contributed by atoms with van der Waals surface area (Å²) in [5, 5.41) is 6.72. The van der Waals surface area contributed by atoms with Crippen LogP contribution in [0.4, 0.5) is 0 Å². The first-order valence-corrected chi connectivity index (χ1v) is 7.18. The van der Waals surface area contributed by atoms with Gasteiger partial charge < -0.3 is 15.6 Å². The van der Waals surface area contributed by atoms with Crippen molar-refractivity contribution >= 4 is 17.7 Å². The van der Waals surface area contributed by atoms with Gasteiger partial charge >= 0.3 is 0 Å². The number of aromatic nitrogens is 1. The number of hydrogen-bond donors (Lipinski definition) is 2. The van der Waals surface area contributed by atoms with Crippen LogP contribution in [0.15, 0.2) is 4.52 Å². The molecule has 3 N–H and O–H groups in total. The first kappa shape index (κ1) is 15.0. The lowest BCUT2D eigenvalue weighted by Gasteiger charge is -2.07. The van der Waals surface area contributed by atoms with Crippen LogP contribution < -0.4 is 11.1 Å². The van der Waals surface area contributed by atoms with Gasteiger partial charge in [0.05, 0.1) is 11.4 Å². The third-order valence-corrected chi connectivity index (χ3v) is 3.54. The molecule has 0 aliphatic carbocycles. The highest BCUT2D eigenvalue weighted by Crippen LogP contribution is 2.19. The number of nitrogens with two attached hydrogens (primary N) is 1. The number of nitrogens with zero attached hydrogens (tertiary/aromatic N) is 1. The smallest absolute Gasteiger partial charge is 0.230 e. The Hall–Kier alpha value is -1.01. The van der Waals surface area contributed by atoms with Gasteiger partial charge in [0, 0.05) is 23.9 Å². The third kappa shape index (κ3) is 5.10. The number of aryl methyl sites for hydroxylation is 2. The van der Waals surface area contributed by atoms with Gasteiger partial charge in [-0.1, -0.05) is 5.16 Å². The van der Waals surface area contributed by atoms with Crippen molar-refractivity contribution in [2.24, 2.45) is 5.73 Å². The summed E-state index contributed by atoms with van der Waals surface area (Å²) in [6.07, 6.45) is 0.806. The molecule has 0 fully saturated rings. The minimum atomic E-state index is 0.0485. The molecule has 5 nitrogen and oxygen atoms in total. The maximum atomic E-state index is 11.5. The topological polar surface area (TPSA) is 81.2 Å². The number of amides is 1. The van der Waals surface area contributed by atoms with Crippen molar-refractivity contribution in [3.8, 4) is 0 Å². The lowest BCUT2D eigenvalue weighted by molar-refractivity contribution is -0.118. The molecule has 0 saturated heterocycles. The van der Waals surface area contributed by atoms with E-state index in [4.69, 9.17) is 10.3 Å². The highest BCUT2D eigenvalue weighted by atomic mass is 32.2. The summed E-state index contributed by atoms with van der Waals surface area (Å²) in [6, 6.07) is 0.125. The molecular formula is C12H21N3O2S. The minimum absolute atomic E-state index is 0.0485. The van der Waals surface area contributed by atoms with Crippen molar-refractivity contribution < 1.29 is 9.32 Å². The summed E-state index contributed by atoms with van der Waals surface area (Å²) in [5.41, 5.74) is 7.59. The molecule has 1 aromatic rings. The van der Waals surface area contributed by atoms with E-state index >= 15 is 0 Å². The number of thioether (sulfide) groups is 1. The van der Waals surface area contributed by atoms with Gasteiger partial charge in [0.25, 0.3) is 0 Å². The lowest BCUT2D eigenvalue weighted by atomic mass is 10.2. The average Bonchev–Trinajstić information content (AvgIpc) is 2.60. The molecule has 1 aromatic heterocycles. The van der Waals surface area contributed by atoms with Crippen LogP contribution in [0.25, 0.3) is 0 Å². The molecule has 0 aliphatic rings. The molecule has 0 saturated carbocycles. The van der Waals surface area contributed by atoms with Gasteiger partial charge in [-0.05, 0) is 27.2 Å². The maximum Gasteiger partial charge on any atom is 0.230 e. The molecular weight excluding hydrogens is 250 g/mol. The molecule has 1 atom stereocenters. The van der Waals surface area contributed by atoms with Crippen LogP contribution in [-0.4, -0.2) is 29.4 Å². The second-order valence-electron chi connectivity index (χ2n) is 4.41. The summed E-state index contributed by atoms with van der Waals surface area (Å²) in [4.78, 5) is 11.5. The van der Waals surface area contributed by atoms with Crippen LogP contribution >= 0.6 is 11.8 Å². The van der Waals surface area contributed by atoms with Crippen molar-refractivity contribution in [1.82, 2.24) is 10.5 Å². The highest BCUT2D eigenvalue weighted by Gasteiger charge is 2.09. The quantitative estimate of drug-likeness (QED) is 0.783. The van der Waals surface area contributed by atoms with Crippen LogP contribution in [-0.2, 0) is 10.5 Å². The van der Waals surface area contributed by atoms with E-state index in [0.29, 0.717) is 12.3 Å². The van der Waals surface area contributed by atoms with Crippen molar-refractivity contribution in [3.05, 3.63) is 17.0 Å². The van der Waals surface area contributed by atoms with Crippen molar-refractivity contribution in [2.45, 2.75) is 39.0 Å². The predicted octanol–water partition coefficient (Wildman–Crippen LogP) is 1.38. The number of carbonyl (C=O) groups is 1. The fourth-order valence-corrected chi connectivity index (χ4v) is 2.45. The summed E-state index contributed by atoms with van der Waals surface area (Å²) in [5.74, 6) is 2.08. The highest BCUT2D eigenvalue weighted by molar-refractivity contribution is 7.99. The number of rotatable bonds is 7. The zero-order chi connectivity index (χ0) is 13.5. The molecule has 1 rings (SSSR count). The van der Waals surface area contributed by atoms with E-state index in [1.54, 1.807) is 11.8 Å². The molecule has 102 valence electrons. The summed E-state index contributed by atoms with van der Waals surface area (Å²) < 4.78 is 5.07. The Morgan fingerprint density at radius 1 is 1.56 bits per heavy atom. The van der Waals surface area contributed by atoms with E-state index in [9.17, 15) is 4.79 Å². The Balaban J connectivity index is 2.20. The number of nitrogens with one attached hydrogen (secondary N) is 1. The van der Waals surface area contributed by atoms with Crippen LogP contribution in [0.5, 0.6) is 0 Å². The van der Waals surface area contributed by atoms with Gasteiger partial charge in [-0.3, -0.25) is 4.79 Å². The van der Waals surface area contributed by atoms with Crippen LogP contribution in [0, 0.1) is 13.8 Å². The van der Waals surface area contributed by atoms with Gasteiger partial charge in [-0.25, -0.2) is 0 Å². The average molecular weight is 271 g/mol. The van der Waals surface area contributed by atoms with E-state index in [0.717, 1.165) is 29.2 Å². The Labute approximate surface area is 112 Å². The third-order valence-electron chi connectivity index (χ3n) is 2.58. The van der Waals surface area contributed by atoms with Crippen molar-refractivity contribution in [3.63, 3.8) is 0 Å². The second-order valence-corrected chi connectivity index (χ2v) is 5.40. The first-order valence-electron chi connectivity index (χ1n) is 6.02. The zero-order valence-electron chi connectivity index (χ0n) is 11.2. The summed E-state index contributed by atoms with van der Waals surface area (Å²) in [7, 11) is 0. The molecule has 0 radical (unpaired) electrons. The van der Waals surface area contributed by atoms with Gasteiger partial charge in [0.2, 0.25) is 5.91 Å². The molecule has 1 unspecified atom stereocenters. The molecule has 1 heterocycles. The molecule has 0 aromatic carbocycles. The zero-order valence-corrected chi connectivity index (χ0v) is 12.0. The predicted molar refractivity (Wildman–Crippen MR) is 73.4 cm³/mol. The molecule has 0 aliphatic heterocycles. The van der Waals surface area contributed by atoms with E-state index in [2.05, 4.69) is 10.5 Å². The first-order chi connectivity index (χ1) is 8.50. The van der Waals surface area contributed by atoms with Crippen LogP contribution in [0.2, 0.25) is 0 Å². The van der Waals surface area contributed by atoms with Gasteiger partial charge in [-0.2, -0.15) is 0 Å². The van der Waals surface area contributed by atoms with E-state index in [1.165, 1.54) is 0 Å². The second kappa shape index (κ2) is 7.43. The molecule has 18 heavy (non-hydrogen) atoms. The van der Waals surface area contributed by atoms with Crippen molar-refractivity contribution in [2.75, 3.05) is 12.3 Å². The number of carbonyl (C=O) groups excluding carboxylic acids is 1. The largest absolute Gasteiger partial charge is 0.361 e. The van der Waals surface area contributed by atoms with Gasteiger partial charge in [0.15, 0.2) is 0 Å². The normalized spacial score (nSPS) is 12.4. The number of hydrogen-bond acceptors (Lipinski definition) is 5. The SMILES string of the molecule is Cc1noc(C)c1CSCC(=O)NCCC(C)N. The molecule has 0 spiro atoms. The Kier molecular flexibility index (Phi) is 6.21. The molecule has 1 amide bonds. The molecule has 0 bridgehead atoms. The van der Waals surface area contributed by atoms with Crippen molar-refractivity contribution in [1.29, 1.82) is 0 Å². The monoisotopic (exact) mass is 271 g/mol. The lowest BCUT2D eigenvalue weighted by Crippen LogP contribution is -2.30. The van der Waals surface area contributed by atoms with Crippen LogP contribution in [0.1, 0.15) is 30.4 Å². The fourth-order valence-electron chi connectivity index (χ4n) is 1.44. The summed E-state index contributed by atoms with van der Waals surface area (Å²) >= 11 is 1.56. The van der Waals surface area contributed by atoms with E-state index in [1.807, 2.05) is 20.8 Å². The summed E-state index contributed by atoms with van der Waals surface area (Å²) in [6.45, 7) is 6.37. The Bertz CT molecular complexity index is 371. The van der Waals surface area contributed by atoms with E-state index < -0.39 is 0 Å². The van der Waals surface area contributed by atoms with Crippen LogP contribution in [0.3, 0.4) is 0 Å². The fraction of sp³-hybridized carbons (Fsp3) is 0.667. The Morgan fingerprint density at radius 2 is 2.28 bits per heavy atom. The van der Waals surface area contributed by atoms with Gasteiger partial charge in [0.1, 0.15) is 5.76 Å². The van der Waals surface area contributed by atoms with E-state index in [-0.39, 0.29) is 11.9 Å². The maximum absolute atomic E-state index is 11.5. The minimum Gasteiger partial charge on any atom is -0.361 e.